The van der Waals surface area contributed by atoms with Gasteiger partial charge in [0.2, 0.25) is 0 Å². The van der Waals surface area contributed by atoms with Gasteiger partial charge < -0.3 is 5.73 Å². The molecule has 0 bridgehead atoms. The van der Waals surface area contributed by atoms with Crippen LogP contribution in [0.25, 0.3) is 0 Å². The van der Waals surface area contributed by atoms with Crippen LogP contribution in [0.5, 0.6) is 0 Å². The topological polar surface area (TPSA) is 55.4 Å². The Morgan fingerprint density at radius 2 is 2.00 bits per heavy atom. The van der Waals surface area contributed by atoms with Crippen LogP contribution >= 0.6 is 0 Å². The summed E-state index contributed by atoms with van der Waals surface area (Å²) in [6.45, 7) is 4.11. The van der Waals surface area contributed by atoms with Gasteiger partial charge in [0.15, 0.2) is 5.78 Å². The minimum atomic E-state index is 0.204. The van der Waals surface area contributed by atoms with Crippen LogP contribution in [0.2, 0.25) is 0 Å². The number of nitrogens with zero attached hydrogens (tertiary/aromatic N) is 1. The van der Waals surface area contributed by atoms with Crippen molar-refractivity contribution in [2.45, 2.75) is 39.5 Å². The molecule has 3 heteroatoms. The highest BCUT2D eigenvalue weighted by atomic mass is 16.1. The third-order valence-corrected chi connectivity index (χ3v) is 3.70. The monoisotopic (exact) mass is 220 g/mol. The molecule has 3 nitrogen and oxygen atoms in total. The van der Waals surface area contributed by atoms with E-state index >= 15 is 0 Å². The molecule has 16 heavy (non-hydrogen) atoms. The molecule has 0 saturated heterocycles. The average molecular weight is 220 g/mol. The number of hydrogen-bond acceptors (Lipinski definition) is 3. The van der Waals surface area contributed by atoms with Crippen molar-refractivity contribution in [1.29, 1.82) is 0 Å². The first kappa shape index (κ1) is 11.4. The molecule has 0 atom stereocenters. The Kier molecular flexibility index (Phi) is 2.64. The average Bonchev–Trinajstić information content (AvgIpc) is 2.90. The summed E-state index contributed by atoms with van der Waals surface area (Å²) in [6, 6.07) is 0. The Morgan fingerprint density at radius 1 is 1.38 bits per heavy atom. The van der Waals surface area contributed by atoms with E-state index in [1.54, 1.807) is 7.05 Å². The van der Waals surface area contributed by atoms with Crippen LogP contribution in [0.3, 0.4) is 0 Å². The minimum Gasteiger partial charge on any atom is -0.401 e. The van der Waals surface area contributed by atoms with Gasteiger partial charge in [0, 0.05) is 24.9 Å². The molecule has 2 rings (SSSR count). The first-order valence-corrected chi connectivity index (χ1v) is 5.98. The smallest absolute Gasteiger partial charge is 0.167 e. The molecule has 0 aromatic heterocycles. The fourth-order valence-corrected chi connectivity index (χ4v) is 2.66. The number of hydrogen-bond donors (Lipinski definition) is 1. The van der Waals surface area contributed by atoms with Gasteiger partial charge in [-0.25, -0.2) is 0 Å². The van der Waals surface area contributed by atoms with Crippen LogP contribution in [0, 0.1) is 11.3 Å². The van der Waals surface area contributed by atoms with E-state index in [9.17, 15) is 4.79 Å². The molecule has 0 radical (unpaired) electrons. The predicted octanol–water partition coefficient (Wildman–Crippen LogP) is 2.07. The fraction of sp³-hybridized carbons (Fsp3) is 0.692. The zero-order valence-electron chi connectivity index (χ0n) is 10.3. The first-order chi connectivity index (χ1) is 7.49. The predicted molar refractivity (Wildman–Crippen MR) is 65.3 cm³/mol. The number of nitrogens with two attached hydrogens (primary N) is 1. The lowest BCUT2D eigenvalue weighted by Crippen LogP contribution is -2.30. The van der Waals surface area contributed by atoms with Crippen molar-refractivity contribution in [3.8, 4) is 0 Å². The van der Waals surface area contributed by atoms with Gasteiger partial charge in [-0.1, -0.05) is 13.8 Å². The van der Waals surface area contributed by atoms with Gasteiger partial charge in [-0.2, -0.15) is 0 Å². The summed E-state index contributed by atoms with van der Waals surface area (Å²) < 4.78 is 0. The number of aliphatic imine (C=N–C) groups is 1. The van der Waals surface area contributed by atoms with Crippen molar-refractivity contribution in [2.24, 2.45) is 22.1 Å². The summed E-state index contributed by atoms with van der Waals surface area (Å²) in [4.78, 5) is 16.4. The normalized spacial score (nSPS) is 24.5. The zero-order valence-corrected chi connectivity index (χ0v) is 10.3. The van der Waals surface area contributed by atoms with Crippen LogP contribution in [0.1, 0.15) is 39.5 Å². The van der Waals surface area contributed by atoms with Crippen LogP contribution in [0.4, 0.5) is 0 Å². The van der Waals surface area contributed by atoms with E-state index < -0.39 is 0 Å². The molecule has 1 saturated carbocycles. The largest absolute Gasteiger partial charge is 0.401 e. The second-order valence-electron chi connectivity index (χ2n) is 5.44. The molecular formula is C13H20N2O. The number of carbonyl (C=O) groups is 1. The molecular weight excluding hydrogens is 200 g/mol. The molecule has 2 aliphatic carbocycles. The van der Waals surface area contributed by atoms with E-state index in [1.165, 1.54) is 0 Å². The molecule has 0 heterocycles. The number of ketones is 1. The maximum Gasteiger partial charge on any atom is 0.167 e. The third kappa shape index (κ3) is 1.79. The first-order valence-electron chi connectivity index (χ1n) is 5.98. The van der Waals surface area contributed by atoms with Gasteiger partial charge in [0.1, 0.15) is 0 Å². The molecule has 0 unspecified atom stereocenters. The summed E-state index contributed by atoms with van der Waals surface area (Å²) in [5.41, 5.74) is 8.67. The van der Waals surface area contributed by atoms with E-state index in [1.807, 2.05) is 0 Å². The van der Waals surface area contributed by atoms with Crippen molar-refractivity contribution in [3.63, 3.8) is 0 Å². The zero-order chi connectivity index (χ0) is 11.9. The van der Waals surface area contributed by atoms with Gasteiger partial charge in [-0.15, -0.1) is 0 Å². The summed E-state index contributed by atoms with van der Waals surface area (Å²) >= 11 is 0. The summed E-state index contributed by atoms with van der Waals surface area (Å²) in [5.74, 6) is 0.464. The van der Waals surface area contributed by atoms with E-state index in [-0.39, 0.29) is 17.1 Å². The molecule has 0 aliphatic heterocycles. The number of rotatable bonds is 2. The van der Waals surface area contributed by atoms with E-state index in [0.717, 1.165) is 36.2 Å². The highest BCUT2D eigenvalue weighted by molar-refractivity contribution is 6.24. The molecule has 0 aromatic carbocycles. The third-order valence-electron chi connectivity index (χ3n) is 3.70. The molecule has 88 valence electrons. The van der Waals surface area contributed by atoms with E-state index in [2.05, 4.69) is 18.8 Å². The Morgan fingerprint density at radius 3 is 2.38 bits per heavy atom. The Balaban J connectivity index is 2.35. The second kappa shape index (κ2) is 3.72. The van der Waals surface area contributed by atoms with Crippen molar-refractivity contribution < 1.29 is 4.79 Å². The molecule has 0 amide bonds. The van der Waals surface area contributed by atoms with Crippen LogP contribution in [0.15, 0.2) is 16.3 Å². The van der Waals surface area contributed by atoms with Crippen molar-refractivity contribution >= 4 is 11.5 Å². The quantitative estimate of drug-likeness (QED) is 0.724. The van der Waals surface area contributed by atoms with Gasteiger partial charge >= 0.3 is 0 Å². The number of Topliss-reactive ketones (excluding diaryl/α,β-unsaturated/α-hetero) is 1. The van der Waals surface area contributed by atoms with Gasteiger partial charge in [-0.3, -0.25) is 9.79 Å². The molecule has 0 aromatic rings. The minimum absolute atomic E-state index is 0.204. The van der Waals surface area contributed by atoms with Crippen molar-refractivity contribution in [2.75, 3.05) is 7.05 Å². The van der Waals surface area contributed by atoms with Crippen LogP contribution in [-0.2, 0) is 4.79 Å². The lowest BCUT2D eigenvalue weighted by Gasteiger charge is -2.25. The van der Waals surface area contributed by atoms with Crippen LogP contribution < -0.4 is 5.73 Å². The van der Waals surface area contributed by atoms with Crippen LogP contribution in [-0.4, -0.2) is 18.5 Å². The second-order valence-corrected chi connectivity index (χ2v) is 5.44. The summed E-state index contributed by atoms with van der Waals surface area (Å²) in [7, 11) is 1.74. The van der Waals surface area contributed by atoms with E-state index in [4.69, 9.17) is 5.73 Å². The molecule has 2 N–H and O–H groups in total. The fourth-order valence-electron chi connectivity index (χ4n) is 2.66. The highest BCUT2D eigenvalue weighted by Crippen LogP contribution is 2.55. The molecule has 1 fully saturated rings. The number of carbonyl (C=O) groups excluding carboxylic acids is 1. The standard InChI is InChI=1S/C13H20N2O/c1-8(2)12(15-3)11-9(14)6-13(4-5-13)7-10(11)16/h8H,4-7,14H2,1-3H3. The Bertz CT molecular complexity index is 387. The van der Waals surface area contributed by atoms with Crippen molar-refractivity contribution in [3.05, 3.63) is 11.3 Å². The lowest BCUT2D eigenvalue weighted by molar-refractivity contribution is -0.116. The molecule has 1 spiro atoms. The highest BCUT2D eigenvalue weighted by Gasteiger charge is 2.48. The Hall–Kier alpha value is -1.12. The van der Waals surface area contributed by atoms with Gasteiger partial charge in [-0.05, 0) is 30.6 Å². The SMILES string of the molecule is CN=C(C1=C(N)CC2(CC2)CC1=O)C(C)C. The summed E-state index contributed by atoms with van der Waals surface area (Å²) in [5, 5.41) is 0. The lowest BCUT2D eigenvalue weighted by atomic mass is 9.80. The Labute approximate surface area is 96.8 Å². The van der Waals surface area contributed by atoms with Gasteiger partial charge in [0.05, 0.1) is 5.57 Å². The van der Waals surface area contributed by atoms with Crippen molar-refractivity contribution in [1.82, 2.24) is 0 Å². The molecule has 2 aliphatic rings. The number of allylic oxidation sites excluding steroid dienone is 2. The maximum absolute atomic E-state index is 12.1. The summed E-state index contributed by atoms with van der Waals surface area (Å²) in [6.07, 6.45) is 3.88. The maximum atomic E-state index is 12.1. The van der Waals surface area contributed by atoms with E-state index in [0.29, 0.717) is 6.42 Å². The van der Waals surface area contributed by atoms with Gasteiger partial charge in [0.25, 0.3) is 0 Å².